The first-order valence-electron chi connectivity index (χ1n) is 13.7. The fourth-order valence-electron chi connectivity index (χ4n) is 7.28. The predicted molar refractivity (Wildman–Crippen MR) is 145 cm³/mol. The fourth-order valence-corrected chi connectivity index (χ4v) is 7.28. The van der Waals surface area contributed by atoms with Crippen LogP contribution in [0.1, 0.15) is 83.0 Å². The number of nitrogens with one attached hydrogen (secondary N) is 1. The van der Waals surface area contributed by atoms with Gasteiger partial charge in [0.05, 0.1) is 18.8 Å². The molecule has 37 heavy (non-hydrogen) atoms. The zero-order chi connectivity index (χ0) is 26.4. The summed E-state index contributed by atoms with van der Waals surface area (Å²) in [6.07, 6.45) is 3.18. The topological polar surface area (TPSA) is 71.0 Å². The molecule has 0 aromatic heterocycles. The molecule has 6 unspecified atom stereocenters. The van der Waals surface area contributed by atoms with Crippen molar-refractivity contribution in [2.24, 2.45) is 16.7 Å². The van der Waals surface area contributed by atoms with Crippen molar-refractivity contribution in [2.75, 3.05) is 18.4 Å². The number of carbonyl (C=O) groups is 1. The molecule has 3 aliphatic rings. The zero-order valence-electron chi connectivity index (χ0n) is 22.9. The lowest BCUT2D eigenvalue weighted by Gasteiger charge is -2.43. The smallest absolute Gasteiger partial charge is 0.221 e. The van der Waals surface area contributed by atoms with E-state index < -0.39 is 6.29 Å². The number of likely N-dealkylation sites (tertiary alicyclic amines) is 1. The summed E-state index contributed by atoms with van der Waals surface area (Å²) in [5.41, 5.74) is 4.45. The highest BCUT2D eigenvalue weighted by molar-refractivity contribution is 5.88. The molecule has 0 spiro atoms. The lowest BCUT2D eigenvalue weighted by Crippen LogP contribution is -2.46. The highest BCUT2D eigenvalue weighted by atomic mass is 16.7. The van der Waals surface area contributed by atoms with Gasteiger partial charge in [-0.05, 0) is 53.4 Å². The number of benzene rings is 2. The van der Waals surface area contributed by atoms with Gasteiger partial charge < -0.3 is 19.9 Å². The van der Waals surface area contributed by atoms with Crippen molar-refractivity contribution in [3.8, 4) is 0 Å². The molecule has 0 radical (unpaired) electrons. The molecule has 2 N–H and O–H groups in total. The number of rotatable bonds is 6. The van der Waals surface area contributed by atoms with E-state index in [-0.39, 0.29) is 30.6 Å². The minimum absolute atomic E-state index is 0.0161. The second-order valence-corrected chi connectivity index (χ2v) is 12.8. The average molecular weight is 507 g/mol. The van der Waals surface area contributed by atoms with E-state index in [9.17, 15) is 9.90 Å². The van der Waals surface area contributed by atoms with Gasteiger partial charge in [-0.25, -0.2) is 0 Å². The van der Waals surface area contributed by atoms with Gasteiger partial charge in [0.15, 0.2) is 6.29 Å². The molecule has 5 rings (SSSR count). The SMILES string of the molecule is CC(=O)Nc1ccc(C2OC(CN3CC4(C)CC3CC(C)(C)C4)C(C)C(c3ccc(CO)cc3)O2)cc1. The molecule has 6 heteroatoms. The minimum atomic E-state index is -0.496. The van der Waals surface area contributed by atoms with Gasteiger partial charge in [-0.1, -0.05) is 64.1 Å². The molecule has 2 aromatic rings. The molecule has 2 saturated heterocycles. The highest BCUT2D eigenvalue weighted by Crippen LogP contribution is 2.53. The third-order valence-corrected chi connectivity index (χ3v) is 8.56. The number of fused-ring (bicyclic) bond motifs is 2. The van der Waals surface area contributed by atoms with Gasteiger partial charge in [-0.3, -0.25) is 9.69 Å². The number of ether oxygens (including phenoxy) is 2. The van der Waals surface area contributed by atoms with E-state index in [1.807, 2.05) is 36.4 Å². The molecule has 2 bridgehead atoms. The van der Waals surface area contributed by atoms with Crippen LogP contribution in [0, 0.1) is 16.7 Å². The van der Waals surface area contributed by atoms with Gasteiger partial charge in [0.1, 0.15) is 0 Å². The maximum absolute atomic E-state index is 11.4. The summed E-state index contributed by atoms with van der Waals surface area (Å²) < 4.78 is 13.3. The van der Waals surface area contributed by atoms with Gasteiger partial charge in [0, 0.05) is 43.2 Å². The number of nitrogens with zero attached hydrogens (tertiary/aromatic N) is 1. The van der Waals surface area contributed by atoms with Gasteiger partial charge in [-0.15, -0.1) is 0 Å². The Morgan fingerprint density at radius 1 is 1.03 bits per heavy atom. The molecule has 6 nitrogen and oxygen atoms in total. The van der Waals surface area contributed by atoms with Crippen LogP contribution in [0.4, 0.5) is 5.69 Å². The molecular weight excluding hydrogens is 464 g/mol. The Morgan fingerprint density at radius 2 is 1.70 bits per heavy atom. The Hall–Kier alpha value is -2.25. The van der Waals surface area contributed by atoms with Crippen LogP contribution in [0.25, 0.3) is 0 Å². The molecular formula is C31H42N2O4. The standard InChI is InChI=1S/C31H42N2O4/c1-20-27(16-33-19-31(5)15-26(33)14-30(3,4)18-31)36-29(24-10-12-25(13-11-24)32-21(2)35)37-28(20)23-8-6-22(17-34)7-9-23/h6-13,20,26-29,34H,14-19H2,1-5H3,(H,32,35). The third kappa shape index (κ3) is 5.78. The lowest BCUT2D eigenvalue weighted by molar-refractivity contribution is -0.276. The average Bonchev–Trinajstić information content (AvgIpc) is 3.08. The predicted octanol–water partition coefficient (Wildman–Crippen LogP) is 5.83. The van der Waals surface area contributed by atoms with E-state index in [2.05, 4.69) is 50.0 Å². The largest absolute Gasteiger partial charge is 0.392 e. The number of hydrogen-bond donors (Lipinski definition) is 2. The Kier molecular flexibility index (Phi) is 7.22. The van der Waals surface area contributed by atoms with Crippen molar-refractivity contribution < 1.29 is 19.4 Å². The van der Waals surface area contributed by atoms with Crippen LogP contribution in [0.3, 0.4) is 0 Å². The van der Waals surface area contributed by atoms with E-state index in [0.29, 0.717) is 16.9 Å². The van der Waals surface area contributed by atoms with Crippen molar-refractivity contribution in [1.29, 1.82) is 0 Å². The molecule has 2 aromatic carbocycles. The zero-order valence-corrected chi connectivity index (χ0v) is 22.9. The second kappa shape index (κ2) is 10.1. The summed E-state index contributed by atoms with van der Waals surface area (Å²) in [7, 11) is 0. The number of aliphatic hydroxyl groups is 1. The number of amides is 1. The first-order valence-corrected chi connectivity index (χ1v) is 13.7. The monoisotopic (exact) mass is 506 g/mol. The molecule has 1 aliphatic carbocycles. The van der Waals surface area contributed by atoms with Crippen LogP contribution in [-0.4, -0.2) is 41.1 Å². The number of carbonyl (C=O) groups excluding carboxylic acids is 1. The number of hydrogen-bond acceptors (Lipinski definition) is 5. The van der Waals surface area contributed by atoms with Crippen molar-refractivity contribution in [3.05, 3.63) is 65.2 Å². The van der Waals surface area contributed by atoms with E-state index in [4.69, 9.17) is 9.47 Å². The van der Waals surface area contributed by atoms with E-state index in [1.54, 1.807) is 0 Å². The molecule has 2 aliphatic heterocycles. The molecule has 1 amide bonds. The van der Waals surface area contributed by atoms with Gasteiger partial charge >= 0.3 is 0 Å². The lowest BCUT2D eigenvalue weighted by atomic mass is 9.65. The summed E-state index contributed by atoms with van der Waals surface area (Å²) in [5, 5.41) is 12.3. The second-order valence-electron chi connectivity index (χ2n) is 12.8. The van der Waals surface area contributed by atoms with Crippen LogP contribution in [-0.2, 0) is 20.9 Å². The van der Waals surface area contributed by atoms with Crippen LogP contribution < -0.4 is 5.32 Å². The minimum Gasteiger partial charge on any atom is -0.392 e. The normalized spacial score (nSPS) is 33.3. The van der Waals surface area contributed by atoms with Crippen LogP contribution in [0.2, 0.25) is 0 Å². The molecule has 6 atom stereocenters. The quantitative estimate of drug-likeness (QED) is 0.516. The number of anilines is 1. The van der Waals surface area contributed by atoms with E-state index in [1.165, 1.54) is 26.2 Å². The van der Waals surface area contributed by atoms with Crippen molar-refractivity contribution >= 4 is 11.6 Å². The summed E-state index contributed by atoms with van der Waals surface area (Å²) in [6.45, 7) is 13.1. The first kappa shape index (κ1) is 26.4. The maximum Gasteiger partial charge on any atom is 0.221 e. The van der Waals surface area contributed by atoms with E-state index >= 15 is 0 Å². The van der Waals surface area contributed by atoms with Gasteiger partial charge in [0.25, 0.3) is 0 Å². The summed E-state index contributed by atoms with van der Waals surface area (Å²) >= 11 is 0. The van der Waals surface area contributed by atoms with Crippen LogP contribution >= 0.6 is 0 Å². The van der Waals surface area contributed by atoms with Gasteiger partial charge in [-0.2, -0.15) is 0 Å². The Bertz CT molecular complexity index is 1100. The molecule has 1 saturated carbocycles. The van der Waals surface area contributed by atoms with E-state index in [0.717, 1.165) is 35.5 Å². The highest BCUT2D eigenvalue weighted by Gasteiger charge is 2.51. The van der Waals surface area contributed by atoms with Crippen molar-refractivity contribution in [1.82, 2.24) is 4.90 Å². The summed E-state index contributed by atoms with van der Waals surface area (Å²) in [4.78, 5) is 14.1. The molecule has 3 fully saturated rings. The molecule has 2 heterocycles. The molecule has 200 valence electrons. The summed E-state index contributed by atoms with van der Waals surface area (Å²) in [6, 6.07) is 16.4. The van der Waals surface area contributed by atoms with Crippen LogP contribution in [0.5, 0.6) is 0 Å². The van der Waals surface area contributed by atoms with Gasteiger partial charge in [0.2, 0.25) is 5.91 Å². The van der Waals surface area contributed by atoms with Crippen molar-refractivity contribution in [3.63, 3.8) is 0 Å². The maximum atomic E-state index is 11.4. The summed E-state index contributed by atoms with van der Waals surface area (Å²) in [5.74, 6) is 0.0713. The number of aliphatic hydroxyl groups excluding tert-OH is 1. The van der Waals surface area contributed by atoms with Crippen LogP contribution in [0.15, 0.2) is 48.5 Å². The fraction of sp³-hybridized carbons (Fsp3) is 0.581. The van der Waals surface area contributed by atoms with Crippen molar-refractivity contribution in [2.45, 2.75) is 85.0 Å². The first-order chi connectivity index (χ1) is 17.5. The Balaban J connectivity index is 1.40. The Labute approximate surface area is 221 Å². The third-order valence-electron chi connectivity index (χ3n) is 8.56. The Morgan fingerprint density at radius 3 is 2.35 bits per heavy atom.